The largest absolute Gasteiger partial charge is 0.462 e. The van der Waals surface area contributed by atoms with E-state index in [-0.39, 0.29) is 11.5 Å². The summed E-state index contributed by atoms with van der Waals surface area (Å²) in [5, 5.41) is 0. The second kappa shape index (κ2) is 6.02. The Morgan fingerprint density at radius 3 is 2.37 bits per heavy atom. The Morgan fingerprint density at radius 2 is 1.89 bits per heavy atom. The average Bonchev–Trinajstić information content (AvgIpc) is 2.38. The molecule has 0 saturated heterocycles. The monoisotopic (exact) mass is 262 g/mol. The summed E-state index contributed by atoms with van der Waals surface area (Å²) in [6.07, 6.45) is 1.96. The van der Waals surface area contributed by atoms with Crippen LogP contribution in [-0.2, 0) is 15.1 Å². The zero-order valence-electron chi connectivity index (χ0n) is 12.3. The number of ether oxygens (including phenoxy) is 1. The van der Waals surface area contributed by atoms with Gasteiger partial charge in [-0.3, -0.25) is 0 Å². The van der Waals surface area contributed by atoms with E-state index in [9.17, 15) is 4.79 Å². The van der Waals surface area contributed by atoms with E-state index in [2.05, 4.69) is 46.8 Å². The Labute approximate surface area is 116 Å². The Balaban J connectivity index is 2.90. The van der Waals surface area contributed by atoms with Crippen molar-refractivity contribution in [2.24, 2.45) is 0 Å². The maximum absolute atomic E-state index is 11.1. The summed E-state index contributed by atoms with van der Waals surface area (Å²) in [4.78, 5) is 11.1. The molecule has 0 aliphatic rings. The van der Waals surface area contributed by atoms with E-state index >= 15 is 0 Å². The quantitative estimate of drug-likeness (QED) is 0.447. The van der Waals surface area contributed by atoms with Gasteiger partial charge in [0.25, 0.3) is 0 Å². The summed E-state index contributed by atoms with van der Waals surface area (Å²) in [6, 6.07) is 10.3. The molecule has 0 bridgehead atoms. The summed E-state index contributed by atoms with van der Waals surface area (Å²) in [5.41, 5.74) is 1.14. The lowest BCUT2D eigenvalue weighted by atomic mass is 9.86. The minimum atomic E-state index is -0.364. The number of carbonyl (C=O) groups excluding carboxylic acids is 1. The summed E-state index contributed by atoms with van der Waals surface area (Å²) >= 11 is 0. The van der Waals surface area contributed by atoms with Crippen LogP contribution in [0, 0.1) is 0 Å². The van der Waals surface area contributed by atoms with Gasteiger partial charge in [0.15, 0.2) is 0 Å². The van der Waals surface area contributed by atoms with Crippen LogP contribution in [0.15, 0.2) is 43.0 Å². The summed E-state index contributed by atoms with van der Waals surface area (Å²) in [7, 11) is 6.47. The van der Waals surface area contributed by atoms with Crippen LogP contribution in [-0.4, -0.2) is 38.2 Å². The Morgan fingerprint density at radius 1 is 1.32 bits per heavy atom. The second-order valence-corrected chi connectivity index (χ2v) is 5.77. The van der Waals surface area contributed by atoms with Crippen molar-refractivity contribution in [3.05, 3.63) is 48.6 Å². The SMILES string of the molecule is C=CC(=O)OCCC(C)(c1ccccc1)[N+](C)(C)C. The topological polar surface area (TPSA) is 26.3 Å². The van der Waals surface area contributed by atoms with Gasteiger partial charge >= 0.3 is 5.97 Å². The lowest BCUT2D eigenvalue weighted by Gasteiger charge is -2.44. The molecule has 1 atom stereocenters. The van der Waals surface area contributed by atoms with Crippen LogP contribution in [0.25, 0.3) is 0 Å². The van der Waals surface area contributed by atoms with Crippen LogP contribution >= 0.6 is 0 Å². The van der Waals surface area contributed by atoms with Gasteiger partial charge in [-0.15, -0.1) is 0 Å². The van der Waals surface area contributed by atoms with E-state index < -0.39 is 0 Å². The zero-order chi connectivity index (χ0) is 14.5. The number of carbonyl (C=O) groups is 1. The van der Waals surface area contributed by atoms with Crippen molar-refractivity contribution in [3.63, 3.8) is 0 Å². The number of nitrogens with zero attached hydrogens (tertiary/aromatic N) is 1. The maximum Gasteiger partial charge on any atom is 0.330 e. The Kier molecular flexibility index (Phi) is 4.90. The Hall–Kier alpha value is -1.61. The molecule has 1 rings (SSSR count). The zero-order valence-corrected chi connectivity index (χ0v) is 12.3. The second-order valence-electron chi connectivity index (χ2n) is 5.77. The molecule has 0 saturated carbocycles. The fourth-order valence-electron chi connectivity index (χ4n) is 2.07. The summed E-state index contributed by atoms with van der Waals surface area (Å²) < 4.78 is 5.90. The summed E-state index contributed by atoms with van der Waals surface area (Å²) in [6.45, 7) is 6.00. The van der Waals surface area contributed by atoms with Crippen LogP contribution in [0.3, 0.4) is 0 Å². The number of rotatable bonds is 6. The fourth-order valence-corrected chi connectivity index (χ4v) is 2.07. The van der Waals surface area contributed by atoms with Crippen molar-refractivity contribution < 1.29 is 14.0 Å². The predicted octanol–water partition coefficient (Wildman–Crippen LogP) is 2.73. The first kappa shape index (κ1) is 15.4. The van der Waals surface area contributed by atoms with Crippen LogP contribution in [0.5, 0.6) is 0 Å². The molecule has 0 aliphatic carbocycles. The van der Waals surface area contributed by atoms with Gasteiger partial charge in [-0.1, -0.05) is 36.9 Å². The van der Waals surface area contributed by atoms with Gasteiger partial charge in [0.1, 0.15) is 5.54 Å². The third-order valence-electron chi connectivity index (χ3n) is 3.88. The van der Waals surface area contributed by atoms with Gasteiger partial charge < -0.3 is 9.22 Å². The number of benzene rings is 1. The highest BCUT2D eigenvalue weighted by molar-refractivity contribution is 5.81. The van der Waals surface area contributed by atoms with Crippen molar-refractivity contribution in [1.82, 2.24) is 0 Å². The van der Waals surface area contributed by atoms with Crippen molar-refractivity contribution in [2.45, 2.75) is 18.9 Å². The molecule has 0 spiro atoms. The molecule has 1 unspecified atom stereocenters. The van der Waals surface area contributed by atoms with Crippen molar-refractivity contribution in [3.8, 4) is 0 Å². The molecule has 19 heavy (non-hydrogen) atoms. The van der Waals surface area contributed by atoms with E-state index in [1.54, 1.807) is 0 Å². The highest BCUT2D eigenvalue weighted by atomic mass is 16.5. The van der Waals surface area contributed by atoms with Gasteiger partial charge in [0.2, 0.25) is 0 Å². The molecule has 3 heteroatoms. The molecular weight excluding hydrogens is 238 g/mol. The molecule has 0 heterocycles. The van der Waals surface area contributed by atoms with Crippen molar-refractivity contribution in [1.29, 1.82) is 0 Å². The third kappa shape index (κ3) is 3.67. The van der Waals surface area contributed by atoms with E-state index in [0.29, 0.717) is 6.61 Å². The molecule has 0 N–H and O–H groups in total. The van der Waals surface area contributed by atoms with Crippen LogP contribution in [0.2, 0.25) is 0 Å². The highest BCUT2D eigenvalue weighted by Gasteiger charge is 2.39. The van der Waals surface area contributed by atoms with Crippen molar-refractivity contribution in [2.75, 3.05) is 27.7 Å². The Bertz CT molecular complexity index is 434. The smallest absolute Gasteiger partial charge is 0.330 e. The predicted molar refractivity (Wildman–Crippen MR) is 77.6 cm³/mol. The summed E-state index contributed by atoms with van der Waals surface area (Å²) in [5.74, 6) is -0.364. The molecule has 0 aliphatic heterocycles. The number of hydrogen-bond donors (Lipinski definition) is 0. The first-order valence-electron chi connectivity index (χ1n) is 6.47. The molecule has 1 aromatic rings. The third-order valence-corrected chi connectivity index (χ3v) is 3.88. The normalized spacial score (nSPS) is 14.5. The molecule has 0 radical (unpaired) electrons. The first-order valence-corrected chi connectivity index (χ1v) is 6.47. The number of esters is 1. The van der Waals surface area contributed by atoms with Gasteiger partial charge in [0.05, 0.1) is 27.7 Å². The fraction of sp³-hybridized carbons (Fsp3) is 0.438. The highest BCUT2D eigenvalue weighted by Crippen LogP contribution is 2.34. The average molecular weight is 262 g/mol. The molecule has 0 fully saturated rings. The molecule has 0 aromatic heterocycles. The lowest BCUT2D eigenvalue weighted by molar-refractivity contribution is -0.930. The van der Waals surface area contributed by atoms with E-state index in [1.807, 2.05) is 18.2 Å². The van der Waals surface area contributed by atoms with Crippen LogP contribution in [0.1, 0.15) is 18.9 Å². The molecule has 104 valence electrons. The van der Waals surface area contributed by atoms with E-state index in [4.69, 9.17) is 4.74 Å². The molecular formula is C16H24NO2+. The molecule has 3 nitrogen and oxygen atoms in total. The van der Waals surface area contributed by atoms with Gasteiger partial charge in [-0.25, -0.2) is 4.79 Å². The standard InChI is InChI=1S/C16H24NO2/c1-6-15(18)19-13-12-16(2,17(3,4)5)14-10-8-7-9-11-14/h6-11H,1,12-13H2,2-5H3/q+1. The number of quaternary nitrogens is 1. The maximum atomic E-state index is 11.1. The van der Waals surface area contributed by atoms with Gasteiger partial charge in [-0.2, -0.15) is 0 Å². The van der Waals surface area contributed by atoms with E-state index in [0.717, 1.165) is 10.9 Å². The number of hydrogen-bond acceptors (Lipinski definition) is 2. The minimum absolute atomic E-state index is 0.108. The molecule has 1 aromatic carbocycles. The first-order chi connectivity index (χ1) is 8.81. The minimum Gasteiger partial charge on any atom is -0.462 e. The lowest BCUT2D eigenvalue weighted by Crippen LogP contribution is -2.53. The van der Waals surface area contributed by atoms with E-state index in [1.165, 1.54) is 11.6 Å². The van der Waals surface area contributed by atoms with Crippen LogP contribution in [0.4, 0.5) is 0 Å². The molecule has 0 amide bonds. The van der Waals surface area contributed by atoms with Gasteiger partial charge in [-0.05, 0) is 6.92 Å². The van der Waals surface area contributed by atoms with Crippen LogP contribution < -0.4 is 0 Å². The van der Waals surface area contributed by atoms with Crippen molar-refractivity contribution >= 4 is 5.97 Å². The van der Waals surface area contributed by atoms with Gasteiger partial charge in [0, 0.05) is 18.1 Å².